The van der Waals surface area contributed by atoms with Crippen molar-refractivity contribution in [1.82, 2.24) is 24.9 Å². The number of hydrogen-bond acceptors (Lipinski definition) is 7. The Balaban J connectivity index is 1.90. The minimum atomic E-state index is 0.0553. The van der Waals surface area contributed by atoms with Crippen molar-refractivity contribution in [2.75, 3.05) is 12.3 Å². The fourth-order valence-electron chi connectivity index (χ4n) is 1.75. The van der Waals surface area contributed by atoms with E-state index in [9.17, 15) is 0 Å². The first-order chi connectivity index (χ1) is 10.1. The van der Waals surface area contributed by atoms with Crippen LogP contribution in [0, 0.1) is 0 Å². The highest BCUT2D eigenvalue weighted by Gasteiger charge is 2.09. The molecule has 0 aliphatic heterocycles. The van der Waals surface area contributed by atoms with E-state index in [2.05, 4.69) is 24.9 Å². The molecule has 3 N–H and O–H groups in total. The number of halogens is 1. The molecule has 0 aliphatic carbocycles. The summed E-state index contributed by atoms with van der Waals surface area (Å²) in [5, 5.41) is 1.08. The van der Waals surface area contributed by atoms with Crippen LogP contribution < -0.4 is 10.5 Å². The molecule has 0 bridgehead atoms. The fraction of sp³-hybridized carbons (Fsp3) is 0.167. The number of nitrogens with two attached hydrogens (primary N) is 1. The molecule has 0 amide bonds. The molecule has 0 radical (unpaired) electrons. The summed E-state index contributed by atoms with van der Waals surface area (Å²) in [6.07, 6.45) is 0. The summed E-state index contributed by atoms with van der Waals surface area (Å²) in [4.78, 5) is 19.3. The molecule has 3 aromatic rings. The largest absolute Gasteiger partial charge is 0.494 e. The molecule has 0 aliphatic rings. The van der Waals surface area contributed by atoms with Gasteiger partial charge in [-0.1, -0.05) is 0 Å². The number of aromatic nitrogens is 5. The molecule has 0 unspecified atom stereocenters. The van der Waals surface area contributed by atoms with Crippen molar-refractivity contribution in [3.63, 3.8) is 0 Å². The average Bonchev–Trinajstić information content (AvgIpc) is 2.79. The fourth-order valence-corrected chi connectivity index (χ4v) is 2.71. The van der Waals surface area contributed by atoms with Crippen molar-refractivity contribution >= 4 is 40.3 Å². The lowest BCUT2D eigenvalue weighted by molar-refractivity contribution is 0.340. The lowest BCUT2D eigenvalue weighted by atomic mass is 10.3. The predicted molar refractivity (Wildman–Crippen MR) is 80.6 cm³/mol. The van der Waals surface area contributed by atoms with Gasteiger partial charge in [-0.15, -0.1) is 0 Å². The number of nitrogen functional groups attached to an aromatic ring is 1. The summed E-state index contributed by atoms with van der Waals surface area (Å²) < 4.78 is 5.45. The Hall–Kier alpha value is -2.06. The van der Waals surface area contributed by atoms with Gasteiger partial charge in [0.25, 0.3) is 0 Å². The van der Waals surface area contributed by atoms with Crippen LogP contribution in [-0.4, -0.2) is 31.5 Å². The molecule has 3 rings (SSSR count). The molecule has 0 fully saturated rings. The summed E-state index contributed by atoms with van der Waals surface area (Å²) in [5.74, 6) is 0.866. The first-order valence-corrected chi connectivity index (χ1v) is 7.31. The van der Waals surface area contributed by atoms with Crippen LogP contribution in [-0.2, 0) is 0 Å². The zero-order chi connectivity index (χ0) is 14.8. The van der Waals surface area contributed by atoms with E-state index in [0.29, 0.717) is 16.9 Å². The molecule has 108 valence electrons. The standard InChI is InChI=1S/C12H11ClN6OS/c1-2-20-6-3-4-7-8(5-6)16-11(15-7)21-12-18-9(13)17-10(14)19-12/h3-5H,2H2,1H3,(H,15,16)(H2,14,17,18,19). The molecule has 2 heterocycles. The first kappa shape index (κ1) is 13.9. The Morgan fingerprint density at radius 2 is 2.14 bits per heavy atom. The number of hydrogen-bond donors (Lipinski definition) is 2. The van der Waals surface area contributed by atoms with Crippen LogP contribution >= 0.6 is 23.4 Å². The maximum Gasteiger partial charge on any atom is 0.228 e. The van der Waals surface area contributed by atoms with Crippen molar-refractivity contribution in [1.29, 1.82) is 0 Å². The Labute approximate surface area is 129 Å². The molecule has 1 aromatic carbocycles. The van der Waals surface area contributed by atoms with E-state index < -0.39 is 0 Å². The molecular weight excluding hydrogens is 312 g/mol. The van der Waals surface area contributed by atoms with Crippen LogP contribution in [0.25, 0.3) is 11.0 Å². The van der Waals surface area contributed by atoms with Gasteiger partial charge in [0.05, 0.1) is 17.6 Å². The van der Waals surface area contributed by atoms with Crippen LogP contribution in [0.2, 0.25) is 5.28 Å². The van der Waals surface area contributed by atoms with Gasteiger partial charge in [-0.05, 0) is 42.4 Å². The molecule has 0 saturated carbocycles. The van der Waals surface area contributed by atoms with Gasteiger partial charge in [0.15, 0.2) is 5.16 Å². The van der Waals surface area contributed by atoms with Gasteiger partial charge in [0, 0.05) is 6.07 Å². The maximum absolute atomic E-state index is 5.75. The average molecular weight is 323 g/mol. The summed E-state index contributed by atoms with van der Waals surface area (Å²) in [7, 11) is 0. The highest BCUT2D eigenvalue weighted by molar-refractivity contribution is 7.99. The molecule has 0 atom stereocenters. The lowest BCUT2D eigenvalue weighted by Crippen LogP contribution is -1.99. The van der Waals surface area contributed by atoms with Crippen molar-refractivity contribution in [2.24, 2.45) is 0 Å². The Bertz CT molecular complexity index is 772. The summed E-state index contributed by atoms with van der Waals surface area (Å²) >= 11 is 6.97. The smallest absolute Gasteiger partial charge is 0.228 e. The third-order valence-electron chi connectivity index (χ3n) is 2.54. The molecular formula is C12H11ClN6OS. The molecule has 0 spiro atoms. The van der Waals surface area contributed by atoms with Crippen molar-refractivity contribution in [2.45, 2.75) is 17.2 Å². The number of benzene rings is 1. The minimum Gasteiger partial charge on any atom is -0.494 e. The second-order valence-corrected chi connectivity index (χ2v) is 5.30. The zero-order valence-electron chi connectivity index (χ0n) is 11.0. The highest BCUT2D eigenvalue weighted by Crippen LogP contribution is 2.27. The summed E-state index contributed by atoms with van der Waals surface area (Å²) in [6.45, 7) is 2.55. The first-order valence-electron chi connectivity index (χ1n) is 6.11. The van der Waals surface area contributed by atoms with E-state index in [0.717, 1.165) is 16.8 Å². The monoisotopic (exact) mass is 322 g/mol. The van der Waals surface area contributed by atoms with Crippen LogP contribution in [0.15, 0.2) is 28.5 Å². The summed E-state index contributed by atoms with van der Waals surface area (Å²) in [6, 6.07) is 5.65. The molecule has 2 aromatic heterocycles. The van der Waals surface area contributed by atoms with Gasteiger partial charge in [0.1, 0.15) is 5.75 Å². The Morgan fingerprint density at radius 3 is 2.90 bits per heavy atom. The quantitative estimate of drug-likeness (QED) is 0.760. The van der Waals surface area contributed by atoms with Crippen LogP contribution in [0.3, 0.4) is 0 Å². The lowest BCUT2D eigenvalue weighted by Gasteiger charge is -2.00. The predicted octanol–water partition coefficient (Wildman–Crippen LogP) is 2.53. The van der Waals surface area contributed by atoms with Gasteiger partial charge < -0.3 is 15.5 Å². The Kier molecular flexibility index (Phi) is 3.80. The normalized spacial score (nSPS) is 11.0. The van der Waals surface area contributed by atoms with Crippen LogP contribution in [0.4, 0.5) is 5.95 Å². The number of H-pyrrole nitrogens is 1. The minimum absolute atomic E-state index is 0.0553. The second-order valence-electron chi connectivity index (χ2n) is 4.00. The van der Waals surface area contributed by atoms with Gasteiger partial charge in [-0.25, -0.2) is 4.98 Å². The van der Waals surface area contributed by atoms with E-state index in [1.54, 1.807) is 0 Å². The van der Waals surface area contributed by atoms with Crippen LogP contribution in [0.5, 0.6) is 5.75 Å². The molecule has 21 heavy (non-hydrogen) atoms. The topological polar surface area (TPSA) is 103 Å². The number of fused-ring (bicyclic) bond motifs is 1. The van der Waals surface area contributed by atoms with E-state index >= 15 is 0 Å². The number of imidazole rings is 1. The van der Waals surface area contributed by atoms with Gasteiger partial charge >= 0.3 is 0 Å². The van der Waals surface area contributed by atoms with Gasteiger partial charge in [-0.2, -0.15) is 15.0 Å². The number of rotatable bonds is 4. The molecule has 0 saturated heterocycles. The van der Waals surface area contributed by atoms with E-state index in [-0.39, 0.29) is 11.2 Å². The zero-order valence-corrected chi connectivity index (χ0v) is 12.6. The Morgan fingerprint density at radius 1 is 1.29 bits per heavy atom. The SMILES string of the molecule is CCOc1ccc2nc(Sc3nc(N)nc(Cl)n3)[nH]c2c1. The van der Waals surface area contributed by atoms with Gasteiger partial charge in [0.2, 0.25) is 16.4 Å². The number of ether oxygens (including phenoxy) is 1. The summed E-state index contributed by atoms with van der Waals surface area (Å²) in [5.41, 5.74) is 7.23. The number of anilines is 1. The second kappa shape index (κ2) is 5.74. The van der Waals surface area contributed by atoms with Crippen molar-refractivity contribution in [3.8, 4) is 5.75 Å². The van der Waals surface area contributed by atoms with Gasteiger partial charge in [-0.3, -0.25) is 0 Å². The van der Waals surface area contributed by atoms with E-state index in [1.165, 1.54) is 11.8 Å². The molecule has 7 nitrogen and oxygen atoms in total. The van der Waals surface area contributed by atoms with E-state index in [1.807, 2.05) is 25.1 Å². The third-order valence-corrected chi connectivity index (χ3v) is 3.46. The van der Waals surface area contributed by atoms with E-state index in [4.69, 9.17) is 22.1 Å². The van der Waals surface area contributed by atoms with Crippen LogP contribution in [0.1, 0.15) is 6.92 Å². The van der Waals surface area contributed by atoms with Crippen molar-refractivity contribution in [3.05, 3.63) is 23.5 Å². The number of nitrogens with one attached hydrogen (secondary N) is 1. The third kappa shape index (κ3) is 3.17. The van der Waals surface area contributed by atoms with Crippen molar-refractivity contribution < 1.29 is 4.74 Å². The molecule has 9 heteroatoms. The highest BCUT2D eigenvalue weighted by atomic mass is 35.5. The number of nitrogens with zero attached hydrogens (tertiary/aromatic N) is 4. The number of aromatic amines is 1. The maximum atomic E-state index is 5.75.